The summed E-state index contributed by atoms with van der Waals surface area (Å²) in [5, 5.41) is 16.6. The first kappa shape index (κ1) is 40.1. The number of imide groups is 2. The molecule has 288 valence electrons. The second-order valence-corrected chi connectivity index (χ2v) is 15.8. The predicted molar refractivity (Wildman–Crippen MR) is 181 cm³/mol. The van der Waals surface area contributed by atoms with E-state index in [0.717, 1.165) is 26.1 Å². The van der Waals surface area contributed by atoms with Crippen LogP contribution in [0.15, 0.2) is 0 Å². The molecule has 6 heterocycles. The molecule has 0 atom stereocenters. The number of ether oxygens (including phenoxy) is 4. The van der Waals surface area contributed by atoms with Crippen LogP contribution in [-0.4, -0.2) is 143 Å². The largest absolute Gasteiger partial charge is 0.444 e. The van der Waals surface area contributed by atoms with Gasteiger partial charge in [0, 0.05) is 58.6 Å². The van der Waals surface area contributed by atoms with Crippen LogP contribution in [-0.2, 0) is 28.5 Å². The van der Waals surface area contributed by atoms with Gasteiger partial charge in [-0.3, -0.25) is 19.8 Å². The number of rotatable bonds is 1. The normalized spacial score (nSPS) is 23.8. The quantitative estimate of drug-likeness (QED) is 0.289. The molecule has 0 unspecified atom stereocenters. The maximum absolute atomic E-state index is 13.0. The molecule has 2 spiro atoms. The molecule has 17 nitrogen and oxygen atoms in total. The van der Waals surface area contributed by atoms with Crippen LogP contribution in [0.5, 0.6) is 0 Å². The molecule has 0 radical (unpaired) electrons. The lowest BCUT2D eigenvalue weighted by molar-refractivity contribution is -0.135. The van der Waals surface area contributed by atoms with E-state index in [0.29, 0.717) is 77.9 Å². The number of hydrogen-bond donors (Lipinski definition) is 4. The number of aliphatic hydroxyl groups is 1. The molecule has 17 heteroatoms. The van der Waals surface area contributed by atoms with Crippen molar-refractivity contribution >= 4 is 36.1 Å². The number of urea groups is 2. The smallest absolute Gasteiger partial charge is 0.410 e. The van der Waals surface area contributed by atoms with E-state index >= 15 is 0 Å². The summed E-state index contributed by atoms with van der Waals surface area (Å²) in [4.78, 5) is 76.9. The van der Waals surface area contributed by atoms with Crippen molar-refractivity contribution in [3.05, 3.63) is 0 Å². The topological polar surface area (TPSA) is 205 Å². The van der Waals surface area contributed by atoms with Gasteiger partial charge >= 0.3 is 24.2 Å². The van der Waals surface area contributed by atoms with Crippen LogP contribution in [0.1, 0.15) is 92.9 Å². The van der Waals surface area contributed by atoms with E-state index in [9.17, 15) is 28.8 Å². The van der Waals surface area contributed by atoms with Gasteiger partial charge in [0.2, 0.25) is 0 Å². The van der Waals surface area contributed by atoms with Crippen LogP contribution in [0.2, 0.25) is 0 Å². The molecule has 0 saturated carbocycles. The summed E-state index contributed by atoms with van der Waals surface area (Å²) in [6.07, 6.45) is 3.79. The third kappa shape index (κ3) is 10.7. The highest BCUT2D eigenvalue weighted by Gasteiger charge is 2.55. The van der Waals surface area contributed by atoms with Crippen LogP contribution >= 0.6 is 0 Å². The third-order valence-corrected chi connectivity index (χ3v) is 9.49. The Labute approximate surface area is 299 Å². The SMILES string of the molecule is CC(C)(C)OC(=O)N1CCC2(CC1)NC(=O)N(C1CCOCC1)C2=O.CC(C)(C)OC(=O)N1CCC2(CC1)NC(=O)NC2=O.OC1CCOCC1. The minimum absolute atomic E-state index is 0.0891. The first-order valence-corrected chi connectivity index (χ1v) is 17.9. The van der Waals surface area contributed by atoms with E-state index in [1.54, 1.807) is 30.6 Å². The zero-order chi connectivity index (χ0) is 37.6. The second kappa shape index (κ2) is 16.3. The van der Waals surface area contributed by atoms with Crippen molar-refractivity contribution in [1.29, 1.82) is 0 Å². The number of carbonyl (C=O) groups excluding carboxylic acids is 6. The van der Waals surface area contributed by atoms with Crippen molar-refractivity contribution in [2.24, 2.45) is 0 Å². The van der Waals surface area contributed by atoms with E-state index in [-0.39, 0.29) is 42.2 Å². The number of hydrogen-bond acceptors (Lipinski definition) is 11. The minimum Gasteiger partial charge on any atom is -0.444 e. The zero-order valence-corrected chi connectivity index (χ0v) is 30.8. The van der Waals surface area contributed by atoms with Crippen LogP contribution in [0.3, 0.4) is 0 Å². The van der Waals surface area contributed by atoms with Gasteiger partial charge in [0.05, 0.1) is 6.10 Å². The van der Waals surface area contributed by atoms with E-state index < -0.39 is 28.3 Å². The molecule has 0 aromatic heterocycles. The maximum atomic E-state index is 13.0. The maximum Gasteiger partial charge on any atom is 0.410 e. The Balaban J connectivity index is 0.000000197. The molecule has 4 N–H and O–H groups in total. The van der Waals surface area contributed by atoms with E-state index in [2.05, 4.69) is 16.0 Å². The number of piperidine rings is 2. The predicted octanol–water partition coefficient (Wildman–Crippen LogP) is 2.24. The highest BCUT2D eigenvalue weighted by molar-refractivity contribution is 6.08. The lowest BCUT2D eigenvalue weighted by atomic mass is 9.87. The Morgan fingerprint density at radius 1 is 0.706 bits per heavy atom. The summed E-state index contributed by atoms with van der Waals surface area (Å²) in [6, 6.07) is -0.872. The minimum atomic E-state index is -0.881. The summed E-state index contributed by atoms with van der Waals surface area (Å²) < 4.78 is 21.0. The number of likely N-dealkylation sites (tertiary alicyclic amines) is 2. The molecule has 6 rings (SSSR count). The molecule has 6 saturated heterocycles. The van der Waals surface area contributed by atoms with Crippen molar-refractivity contribution < 1.29 is 52.8 Å². The van der Waals surface area contributed by atoms with E-state index in [1.807, 2.05) is 20.8 Å². The van der Waals surface area contributed by atoms with Gasteiger partial charge < -0.3 is 44.5 Å². The highest BCUT2D eigenvalue weighted by Crippen LogP contribution is 2.33. The Bertz CT molecular complexity index is 1280. The fourth-order valence-electron chi connectivity index (χ4n) is 6.62. The van der Waals surface area contributed by atoms with Gasteiger partial charge in [0.1, 0.15) is 22.3 Å². The fourth-order valence-corrected chi connectivity index (χ4v) is 6.62. The van der Waals surface area contributed by atoms with Gasteiger partial charge in [-0.2, -0.15) is 0 Å². The van der Waals surface area contributed by atoms with Crippen molar-refractivity contribution in [2.45, 2.75) is 127 Å². The van der Waals surface area contributed by atoms with Crippen LogP contribution in [0, 0.1) is 0 Å². The second-order valence-electron chi connectivity index (χ2n) is 15.8. The number of amides is 8. The van der Waals surface area contributed by atoms with E-state index in [4.69, 9.17) is 24.1 Å². The van der Waals surface area contributed by atoms with Gasteiger partial charge in [-0.05, 0) is 92.9 Å². The summed E-state index contributed by atoms with van der Waals surface area (Å²) >= 11 is 0. The summed E-state index contributed by atoms with van der Waals surface area (Å²) in [5.41, 5.74) is -2.82. The lowest BCUT2D eigenvalue weighted by Crippen LogP contribution is -2.56. The fraction of sp³-hybridized carbons (Fsp3) is 0.824. The lowest BCUT2D eigenvalue weighted by Gasteiger charge is -2.38. The number of carbonyl (C=O) groups is 6. The van der Waals surface area contributed by atoms with Crippen molar-refractivity contribution in [3.8, 4) is 0 Å². The number of aliphatic hydroxyl groups excluding tert-OH is 1. The number of nitrogens with zero attached hydrogens (tertiary/aromatic N) is 3. The van der Waals surface area contributed by atoms with Crippen molar-refractivity contribution in [1.82, 2.24) is 30.7 Å². The van der Waals surface area contributed by atoms with Gasteiger partial charge in [-0.1, -0.05) is 0 Å². The average molecular weight is 725 g/mol. The molecule has 0 bridgehead atoms. The average Bonchev–Trinajstić information content (AvgIpc) is 3.46. The molecule has 8 amide bonds. The number of nitrogens with one attached hydrogen (secondary N) is 3. The van der Waals surface area contributed by atoms with Crippen LogP contribution < -0.4 is 16.0 Å². The standard InChI is InChI=1S/C17H27N3O5.C12H19N3O4.C5H10O2/c1-16(2,3)25-15(23)19-8-6-17(7-9-19)13(21)20(14(22)18-17)12-4-10-24-11-5-12;1-11(2,3)19-10(18)15-6-4-12(5-7-15)8(16)13-9(17)14-12;6-5-1-3-7-4-2-5/h12H,4-11H2,1-3H3,(H,18,22);4-7H2,1-3H3,(H2,13,14,16,17);5-6H,1-4H2. The van der Waals surface area contributed by atoms with Gasteiger partial charge in [0.25, 0.3) is 11.8 Å². The highest BCUT2D eigenvalue weighted by atomic mass is 16.6. The van der Waals surface area contributed by atoms with Gasteiger partial charge in [-0.15, -0.1) is 0 Å². The Morgan fingerprint density at radius 3 is 1.51 bits per heavy atom. The summed E-state index contributed by atoms with van der Waals surface area (Å²) in [5.74, 6) is -0.463. The molecule has 6 aliphatic rings. The van der Waals surface area contributed by atoms with Crippen molar-refractivity contribution in [3.63, 3.8) is 0 Å². The molecular weight excluding hydrogens is 668 g/mol. The van der Waals surface area contributed by atoms with Crippen LogP contribution in [0.25, 0.3) is 0 Å². The first-order chi connectivity index (χ1) is 23.8. The van der Waals surface area contributed by atoms with Gasteiger partial charge in [0.15, 0.2) is 0 Å². The molecule has 6 fully saturated rings. The van der Waals surface area contributed by atoms with Crippen LogP contribution in [0.4, 0.5) is 19.2 Å². The molecule has 6 aliphatic heterocycles. The molecule has 0 aromatic carbocycles. The third-order valence-electron chi connectivity index (χ3n) is 9.49. The molecule has 0 aliphatic carbocycles. The Morgan fingerprint density at radius 2 is 1.14 bits per heavy atom. The zero-order valence-electron chi connectivity index (χ0n) is 30.8. The Kier molecular flexibility index (Phi) is 12.8. The monoisotopic (exact) mass is 724 g/mol. The Hall–Kier alpha value is -3.70. The molecule has 51 heavy (non-hydrogen) atoms. The van der Waals surface area contributed by atoms with Gasteiger partial charge in [-0.25, -0.2) is 19.2 Å². The molecule has 0 aromatic rings. The van der Waals surface area contributed by atoms with Crippen molar-refractivity contribution in [2.75, 3.05) is 52.6 Å². The van der Waals surface area contributed by atoms with E-state index in [1.165, 1.54) is 4.90 Å². The summed E-state index contributed by atoms with van der Waals surface area (Å²) in [6.45, 7) is 15.1. The first-order valence-electron chi connectivity index (χ1n) is 17.9. The summed E-state index contributed by atoms with van der Waals surface area (Å²) in [7, 11) is 0. The molecular formula is C34H56N6O11.